The van der Waals surface area contributed by atoms with Gasteiger partial charge >= 0.3 is 5.97 Å². The first-order chi connectivity index (χ1) is 11.3. The van der Waals surface area contributed by atoms with Gasteiger partial charge in [0.2, 0.25) is 5.91 Å². The van der Waals surface area contributed by atoms with Crippen LogP contribution < -0.4 is 5.32 Å². The lowest BCUT2D eigenvalue weighted by molar-refractivity contribution is -0.122. The summed E-state index contributed by atoms with van der Waals surface area (Å²) in [7, 11) is 1.31. The third-order valence-electron chi connectivity index (χ3n) is 5.81. The lowest BCUT2D eigenvalue weighted by Gasteiger charge is -2.60. The summed E-state index contributed by atoms with van der Waals surface area (Å²) in [5, 5.41) is 3.11. The Morgan fingerprint density at radius 2 is 2.12 bits per heavy atom. The van der Waals surface area contributed by atoms with Crippen LogP contribution in [0, 0.1) is 17.3 Å². The number of ether oxygens (including phenoxy) is 1. The molecule has 3 aliphatic carbocycles. The third-order valence-corrected chi connectivity index (χ3v) is 5.81. The summed E-state index contributed by atoms with van der Waals surface area (Å²) in [5.41, 5.74) is 2.50. The maximum atomic E-state index is 12.3. The molecule has 128 valence electrons. The topological polar surface area (TPSA) is 68.3 Å². The van der Waals surface area contributed by atoms with Crippen molar-refractivity contribution < 1.29 is 14.3 Å². The van der Waals surface area contributed by atoms with Gasteiger partial charge in [0, 0.05) is 6.20 Å². The molecular weight excluding hydrogens is 304 g/mol. The molecule has 1 unspecified atom stereocenters. The smallest absolute Gasteiger partial charge is 0.356 e. The average Bonchev–Trinajstić information content (AvgIpc) is 2.56. The molecule has 1 N–H and O–H groups in total. The number of esters is 1. The molecule has 2 bridgehead atoms. The number of pyridine rings is 1. The number of hydrogen-bond donors (Lipinski definition) is 1. The molecule has 24 heavy (non-hydrogen) atoms. The van der Waals surface area contributed by atoms with Crippen LogP contribution in [0.4, 0.5) is 0 Å². The highest BCUT2D eigenvalue weighted by atomic mass is 16.5. The van der Waals surface area contributed by atoms with Crippen LogP contribution in [0.15, 0.2) is 30.5 Å². The summed E-state index contributed by atoms with van der Waals surface area (Å²) in [5.74, 6) is 0.668. The van der Waals surface area contributed by atoms with Gasteiger partial charge in [0.15, 0.2) is 0 Å². The number of carbonyl (C=O) groups excluding carboxylic acids is 2. The van der Waals surface area contributed by atoms with Crippen LogP contribution in [0.2, 0.25) is 0 Å². The van der Waals surface area contributed by atoms with Crippen LogP contribution in [0.1, 0.15) is 42.7 Å². The van der Waals surface area contributed by atoms with E-state index in [1.165, 1.54) is 13.5 Å². The molecule has 3 fully saturated rings. The van der Waals surface area contributed by atoms with Crippen molar-refractivity contribution in [2.24, 2.45) is 17.3 Å². The van der Waals surface area contributed by atoms with E-state index in [9.17, 15) is 9.59 Å². The number of nitrogens with zero attached hydrogens (tertiary/aromatic N) is 1. The molecule has 1 amide bonds. The average molecular weight is 328 g/mol. The molecule has 1 aromatic rings. The second-order valence-corrected chi connectivity index (χ2v) is 7.46. The van der Waals surface area contributed by atoms with Crippen LogP contribution >= 0.6 is 0 Å². The van der Waals surface area contributed by atoms with E-state index in [2.05, 4.69) is 35.5 Å². The first kappa shape index (κ1) is 16.7. The highest BCUT2D eigenvalue weighted by molar-refractivity contribution is 5.87. The van der Waals surface area contributed by atoms with Crippen LogP contribution in [-0.4, -0.2) is 30.0 Å². The summed E-state index contributed by atoms with van der Waals surface area (Å²) in [6, 6.07) is 3.39. The lowest BCUT2D eigenvalue weighted by atomic mass is 9.46. The minimum atomic E-state index is -0.480. The minimum Gasteiger partial charge on any atom is -0.464 e. The second kappa shape index (κ2) is 6.04. The Bertz CT molecular complexity index is 678. The van der Waals surface area contributed by atoms with E-state index in [4.69, 9.17) is 0 Å². The van der Waals surface area contributed by atoms with Crippen molar-refractivity contribution in [1.82, 2.24) is 10.3 Å². The Kier molecular flexibility index (Phi) is 4.20. The van der Waals surface area contributed by atoms with E-state index in [-0.39, 0.29) is 24.1 Å². The fourth-order valence-corrected chi connectivity index (χ4v) is 4.06. The molecule has 5 heteroatoms. The standard InChI is InChI=1S/C19H24N2O3/c1-11-14-8-13(19(14,2)3)9-16(11)21-17(22)7-12-5-6-15(20-10-12)18(23)24-4/h5-6,10,13-14,16H,1,7-9H2,2-4H3,(H,21,22)/t13-,14+,16?/m1/s1. The minimum absolute atomic E-state index is 0.0344. The van der Waals surface area contributed by atoms with Gasteiger partial charge in [-0.05, 0) is 41.7 Å². The van der Waals surface area contributed by atoms with Crippen LogP contribution in [0.3, 0.4) is 0 Å². The number of rotatable bonds is 4. The third kappa shape index (κ3) is 2.83. The zero-order chi connectivity index (χ0) is 17.5. The largest absolute Gasteiger partial charge is 0.464 e. The maximum absolute atomic E-state index is 12.3. The van der Waals surface area contributed by atoms with Crippen LogP contribution in [0.25, 0.3) is 0 Å². The number of nitrogens with one attached hydrogen (secondary N) is 1. The van der Waals surface area contributed by atoms with Crippen molar-refractivity contribution >= 4 is 11.9 Å². The van der Waals surface area contributed by atoms with Crippen molar-refractivity contribution in [2.45, 2.75) is 39.2 Å². The van der Waals surface area contributed by atoms with Gasteiger partial charge in [0.05, 0.1) is 19.6 Å². The fraction of sp³-hybridized carbons (Fsp3) is 0.526. The van der Waals surface area contributed by atoms with Gasteiger partial charge in [-0.2, -0.15) is 0 Å². The van der Waals surface area contributed by atoms with E-state index in [0.29, 0.717) is 17.3 Å². The summed E-state index contributed by atoms with van der Waals surface area (Å²) in [4.78, 5) is 27.7. The van der Waals surface area contributed by atoms with E-state index < -0.39 is 5.97 Å². The Hall–Kier alpha value is -2.17. The van der Waals surface area contributed by atoms with Crippen molar-refractivity contribution in [2.75, 3.05) is 7.11 Å². The predicted molar refractivity (Wildman–Crippen MR) is 90.3 cm³/mol. The molecule has 0 spiro atoms. The van der Waals surface area contributed by atoms with Crippen LogP contribution in [0.5, 0.6) is 0 Å². The Balaban J connectivity index is 1.57. The maximum Gasteiger partial charge on any atom is 0.356 e. The van der Waals surface area contributed by atoms with Crippen molar-refractivity contribution in [3.63, 3.8) is 0 Å². The summed E-state index contributed by atoms with van der Waals surface area (Å²) >= 11 is 0. The van der Waals surface area contributed by atoms with E-state index in [1.807, 2.05) is 0 Å². The molecule has 0 saturated heterocycles. The predicted octanol–water partition coefficient (Wildman–Crippen LogP) is 2.52. The zero-order valence-corrected chi connectivity index (χ0v) is 14.5. The van der Waals surface area contributed by atoms with Gasteiger partial charge in [-0.15, -0.1) is 0 Å². The Morgan fingerprint density at radius 1 is 1.38 bits per heavy atom. The molecule has 1 heterocycles. The normalized spacial score (nSPS) is 27.1. The molecule has 5 nitrogen and oxygen atoms in total. The summed E-state index contributed by atoms with van der Waals surface area (Å²) in [6.07, 6.45) is 3.98. The van der Waals surface area contributed by atoms with E-state index in [0.717, 1.165) is 17.6 Å². The number of methoxy groups -OCH3 is 1. The zero-order valence-electron chi connectivity index (χ0n) is 14.5. The van der Waals surface area contributed by atoms with Crippen molar-refractivity contribution in [3.05, 3.63) is 41.7 Å². The first-order valence-electron chi connectivity index (χ1n) is 8.34. The molecule has 4 rings (SSSR count). The van der Waals surface area contributed by atoms with Crippen molar-refractivity contribution in [1.29, 1.82) is 0 Å². The van der Waals surface area contributed by atoms with Crippen LogP contribution in [-0.2, 0) is 16.0 Å². The molecule has 3 aliphatic rings. The number of fused-ring (bicyclic) bond motifs is 2. The lowest BCUT2D eigenvalue weighted by Crippen LogP contribution is -2.57. The number of carbonyl (C=O) groups is 2. The number of hydrogen-bond acceptors (Lipinski definition) is 4. The van der Waals surface area contributed by atoms with Gasteiger partial charge in [-0.25, -0.2) is 9.78 Å². The Labute approximate surface area is 142 Å². The van der Waals surface area contributed by atoms with Gasteiger partial charge in [0.1, 0.15) is 5.69 Å². The summed E-state index contributed by atoms with van der Waals surface area (Å²) in [6.45, 7) is 8.82. The molecule has 3 atom stereocenters. The molecule has 1 aromatic heterocycles. The van der Waals surface area contributed by atoms with Gasteiger partial charge < -0.3 is 10.1 Å². The van der Waals surface area contributed by atoms with E-state index in [1.54, 1.807) is 18.3 Å². The molecule has 0 radical (unpaired) electrons. The fourth-order valence-electron chi connectivity index (χ4n) is 4.06. The van der Waals surface area contributed by atoms with Gasteiger partial charge in [-0.1, -0.05) is 32.1 Å². The quantitative estimate of drug-likeness (QED) is 0.681. The SMILES string of the molecule is C=C1C(NC(=O)Cc2ccc(C(=O)OC)nc2)C[C@H]2C[C@@H]1C2(C)C. The number of aromatic nitrogens is 1. The Morgan fingerprint density at radius 3 is 2.67 bits per heavy atom. The molecular formula is C19H24N2O3. The summed E-state index contributed by atoms with van der Waals surface area (Å²) < 4.78 is 4.61. The number of amides is 1. The monoisotopic (exact) mass is 328 g/mol. The molecule has 3 saturated carbocycles. The highest BCUT2D eigenvalue weighted by Gasteiger charge is 2.54. The first-order valence-corrected chi connectivity index (χ1v) is 8.34. The van der Waals surface area contributed by atoms with Gasteiger partial charge in [0.25, 0.3) is 0 Å². The highest BCUT2D eigenvalue weighted by Crippen LogP contribution is 2.60. The second-order valence-electron chi connectivity index (χ2n) is 7.46. The van der Waals surface area contributed by atoms with E-state index >= 15 is 0 Å². The van der Waals surface area contributed by atoms with Gasteiger partial charge in [-0.3, -0.25) is 4.79 Å². The molecule has 0 aliphatic heterocycles. The molecule has 0 aromatic carbocycles. The van der Waals surface area contributed by atoms with Crippen molar-refractivity contribution in [3.8, 4) is 0 Å².